The van der Waals surface area contributed by atoms with E-state index in [0.717, 1.165) is 19.3 Å². The fraction of sp³-hybridized carbons (Fsp3) is 0.300. The van der Waals surface area contributed by atoms with Crippen molar-refractivity contribution in [3.63, 3.8) is 0 Å². The molecule has 0 atom stereocenters. The van der Waals surface area contributed by atoms with Crippen molar-refractivity contribution >= 4 is 11.8 Å². The van der Waals surface area contributed by atoms with Gasteiger partial charge in [-0.15, -0.1) is 0 Å². The average molecular weight is 370 g/mol. The van der Waals surface area contributed by atoms with Gasteiger partial charge < -0.3 is 14.2 Å². The minimum atomic E-state index is -0.488. The van der Waals surface area contributed by atoms with E-state index < -0.39 is 11.8 Å². The first-order chi connectivity index (χ1) is 13.1. The summed E-state index contributed by atoms with van der Waals surface area (Å²) in [6.07, 6.45) is 3.29. The Hall–Kier alpha value is -3.22. The molecule has 0 saturated carbocycles. The number of carbonyl (C=O) groups is 2. The molecule has 2 N–H and O–H groups in total. The molecule has 3 rings (SSSR count). The molecule has 0 saturated heterocycles. The van der Waals surface area contributed by atoms with E-state index in [9.17, 15) is 9.59 Å². The van der Waals surface area contributed by atoms with E-state index in [1.807, 2.05) is 18.2 Å². The molecule has 27 heavy (non-hydrogen) atoms. The molecule has 7 nitrogen and oxygen atoms in total. The highest BCUT2D eigenvalue weighted by Crippen LogP contribution is 2.26. The first-order valence-electron chi connectivity index (χ1n) is 8.66. The third-order valence-electron chi connectivity index (χ3n) is 4.37. The number of benzene rings is 2. The summed E-state index contributed by atoms with van der Waals surface area (Å²) in [6.45, 7) is -0.194. The first-order valence-corrected chi connectivity index (χ1v) is 8.66. The molecule has 1 aliphatic carbocycles. The molecule has 0 radical (unpaired) electrons. The van der Waals surface area contributed by atoms with Crippen LogP contribution in [0.2, 0.25) is 0 Å². The molecule has 0 spiro atoms. The van der Waals surface area contributed by atoms with Crippen LogP contribution in [0.3, 0.4) is 0 Å². The highest BCUT2D eigenvalue weighted by molar-refractivity contribution is 5.96. The predicted molar refractivity (Wildman–Crippen MR) is 99.1 cm³/mol. The minimum absolute atomic E-state index is 0.194. The van der Waals surface area contributed by atoms with Gasteiger partial charge in [-0.2, -0.15) is 0 Å². The molecule has 0 fully saturated rings. The third kappa shape index (κ3) is 4.69. The van der Waals surface area contributed by atoms with Gasteiger partial charge in [-0.3, -0.25) is 20.4 Å². The van der Waals surface area contributed by atoms with E-state index in [4.69, 9.17) is 14.2 Å². The zero-order chi connectivity index (χ0) is 19.2. The summed E-state index contributed by atoms with van der Waals surface area (Å²) in [6, 6.07) is 10.6. The maximum Gasteiger partial charge on any atom is 0.276 e. The van der Waals surface area contributed by atoms with Gasteiger partial charge in [0.15, 0.2) is 6.61 Å². The highest BCUT2D eigenvalue weighted by atomic mass is 16.5. The molecule has 0 unspecified atom stereocenters. The van der Waals surface area contributed by atoms with Crippen LogP contribution in [0.4, 0.5) is 0 Å². The fourth-order valence-corrected chi connectivity index (χ4v) is 2.96. The summed E-state index contributed by atoms with van der Waals surface area (Å²) in [5.41, 5.74) is 7.59. The summed E-state index contributed by atoms with van der Waals surface area (Å²) >= 11 is 0. The fourth-order valence-electron chi connectivity index (χ4n) is 2.96. The van der Waals surface area contributed by atoms with Gasteiger partial charge >= 0.3 is 0 Å². The molecule has 0 aliphatic heterocycles. The molecule has 2 aromatic rings. The number of methoxy groups -OCH3 is 2. The minimum Gasteiger partial charge on any atom is -0.497 e. The lowest BCUT2D eigenvalue weighted by Gasteiger charge is -2.11. The maximum absolute atomic E-state index is 12.2. The summed E-state index contributed by atoms with van der Waals surface area (Å²) in [7, 11) is 2.99. The number of aryl methyl sites for hydroxylation is 2. The number of nitrogens with one attached hydrogen (secondary N) is 2. The summed E-state index contributed by atoms with van der Waals surface area (Å²) < 4.78 is 15.8. The van der Waals surface area contributed by atoms with Gasteiger partial charge in [-0.05, 0) is 54.7 Å². The number of hydrogen-bond donors (Lipinski definition) is 2. The second-order valence-electron chi connectivity index (χ2n) is 6.18. The van der Waals surface area contributed by atoms with Crippen LogP contribution in [0.1, 0.15) is 27.9 Å². The number of ether oxygens (including phenoxy) is 3. The molecular weight excluding hydrogens is 348 g/mol. The van der Waals surface area contributed by atoms with E-state index in [-0.39, 0.29) is 6.61 Å². The van der Waals surface area contributed by atoms with E-state index >= 15 is 0 Å². The monoisotopic (exact) mass is 370 g/mol. The zero-order valence-corrected chi connectivity index (χ0v) is 15.3. The van der Waals surface area contributed by atoms with Gasteiger partial charge in [0.25, 0.3) is 11.8 Å². The van der Waals surface area contributed by atoms with Gasteiger partial charge in [0.05, 0.1) is 14.2 Å². The van der Waals surface area contributed by atoms with Crippen molar-refractivity contribution in [1.29, 1.82) is 0 Å². The molecule has 0 bridgehead atoms. The van der Waals surface area contributed by atoms with Crippen LogP contribution in [0.25, 0.3) is 0 Å². The van der Waals surface area contributed by atoms with Crippen molar-refractivity contribution in [2.75, 3.05) is 20.8 Å². The number of hydrogen-bond acceptors (Lipinski definition) is 5. The molecule has 0 aromatic heterocycles. The van der Waals surface area contributed by atoms with E-state index in [1.165, 1.54) is 25.3 Å². The second kappa shape index (κ2) is 8.44. The van der Waals surface area contributed by atoms with Crippen molar-refractivity contribution in [3.05, 3.63) is 53.1 Å². The lowest BCUT2D eigenvalue weighted by atomic mass is 10.1. The Labute approximate surface area is 157 Å². The van der Waals surface area contributed by atoms with Crippen LogP contribution in [-0.4, -0.2) is 32.6 Å². The van der Waals surface area contributed by atoms with E-state index in [0.29, 0.717) is 22.8 Å². The van der Waals surface area contributed by atoms with Crippen molar-refractivity contribution in [1.82, 2.24) is 10.9 Å². The van der Waals surface area contributed by atoms with Crippen molar-refractivity contribution in [2.45, 2.75) is 19.3 Å². The predicted octanol–water partition coefficient (Wildman–Crippen LogP) is 2.03. The quantitative estimate of drug-likeness (QED) is 0.760. The Bertz CT molecular complexity index is 828. The number of hydrazine groups is 1. The molecule has 2 amide bonds. The van der Waals surface area contributed by atoms with Crippen molar-refractivity contribution in [3.8, 4) is 17.2 Å². The van der Waals surface area contributed by atoms with Crippen LogP contribution < -0.4 is 25.1 Å². The standard InChI is InChI=1S/C20H22N2O5/c1-25-17-9-15(10-18(11-17)26-2)20(24)22-21-19(23)12-27-16-7-6-13-4-3-5-14(13)8-16/h6-11H,3-5,12H2,1-2H3,(H,21,23)(H,22,24). The molecule has 7 heteroatoms. The van der Waals surface area contributed by atoms with Gasteiger partial charge in [-0.1, -0.05) is 6.07 Å². The largest absolute Gasteiger partial charge is 0.497 e. The van der Waals surface area contributed by atoms with Gasteiger partial charge in [-0.25, -0.2) is 0 Å². The van der Waals surface area contributed by atoms with E-state index in [1.54, 1.807) is 18.2 Å². The number of fused-ring (bicyclic) bond motifs is 1. The van der Waals surface area contributed by atoms with Gasteiger partial charge in [0, 0.05) is 11.6 Å². The molecule has 1 aliphatic rings. The summed E-state index contributed by atoms with van der Waals surface area (Å²) in [5, 5.41) is 0. The Balaban J connectivity index is 1.51. The Morgan fingerprint density at radius 3 is 2.30 bits per heavy atom. The molecular formula is C20H22N2O5. The number of amides is 2. The summed E-state index contributed by atoms with van der Waals surface area (Å²) in [5.74, 6) is 0.656. The average Bonchev–Trinajstić information content (AvgIpc) is 3.17. The first kappa shape index (κ1) is 18.6. The lowest BCUT2D eigenvalue weighted by Crippen LogP contribution is -2.43. The number of rotatable bonds is 6. The van der Waals surface area contributed by atoms with Gasteiger partial charge in [0.2, 0.25) is 0 Å². The van der Waals surface area contributed by atoms with Crippen molar-refractivity contribution < 1.29 is 23.8 Å². The molecule has 142 valence electrons. The number of carbonyl (C=O) groups excluding carboxylic acids is 2. The van der Waals surface area contributed by atoms with Crippen LogP contribution in [0, 0.1) is 0 Å². The normalized spacial score (nSPS) is 12.1. The highest BCUT2D eigenvalue weighted by Gasteiger charge is 2.13. The van der Waals surface area contributed by atoms with Gasteiger partial charge in [0.1, 0.15) is 17.2 Å². The Kier molecular flexibility index (Phi) is 5.80. The maximum atomic E-state index is 12.2. The third-order valence-corrected chi connectivity index (χ3v) is 4.37. The van der Waals surface area contributed by atoms with Crippen LogP contribution in [0.5, 0.6) is 17.2 Å². The zero-order valence-electron chi connectivity index (χ0n) is 15.3. The van der Waals surface area contributed by atoms with Crippen LogP contribution in [-0.2, 0) is 17.6 Å². The molecule has 2 aromatic carbocycles. The summed E-state index contributed by atoms with van der Waals surface area (Å²) in [4.78, 5) is 24.1. The second-order valence-corrected chi connectivity index (χ2v) is 6.18. The van der Waals surface area contributed by atoms with Crippen LogP contribution in [0.15, 0.2) is 36.4 Å². The smallest absolute Gasteiger partial charge is 0.276 e. The van der Waals surface area contributed by atoms with Crippen LogP contribution >= 0.6 is 0 Å². The van der Waals surface area contributed by atoms with Crippen molar-refractivity contribution in [2.24, 2.45) is 0 Å². The Morgan fingerprint density at radius 2 is 1.59 bits per heavy atom. The molecule has 0 heterocycles. The lowest BCUT2D eigenvalue weighted by molar-refractivity contribution is -0.123. The van der Waals surface area contributed by atoms with E-state index in [2.05, 4.69) is 10.9 Å². The SMILES string of the molecule is COc1cc(OC)cc(C(=O)NNC(=O)COc2ccc3c(c2)CCC3)c1. The topological polar surface area (TPSA) is 85.9 Å². The Morgan fingerprint density at radius 1 is 0.889 bits per heavy atom.